The Labute approximate surface area is 238 Å². The molecule has 17 nitrogen and oxygen atoms in total. The Balaban J connectivity index is 1.12. The number of aliphatic hydroxyl groups excluding tert-OH is 2. The molecule has 3 aromatic rings. The Bertz CT molecular complexity index is 1590. The van der Waals surface area contributed by atoms with Gasteiger partial charge in [-0.25, -0.2) is 4.98 Å². The molecule has 2 aliphatic heterocycles. The van der Waals surface area contributed by atoms with Crippen LogP contribution in [0.15, 0.2) is 32.9 Å². The molecule has 226 valence electrons. The Morgan fingerprint density at radius 2 is 1.90 bits per heavy atom. The van der Waals surface area contributed by atoms with E-state index < -0.39 is 41.0 Å². The van der Waals surface area contributed by atoms with Gasteiger partial charge >= 0.3 is 0 Å². The number of nitrogens with zero attached hydrogens (tertiary/aromatic N) is 5. The third-order valence-corrected chi connectivity index (χ3v) is 7.35. The zero-order chi connectivity index (χ0) is 30.0. The monoisotopic (exact) mass is 586 g/mol. The van der Waals surface area contributed by atoms with Crippen molar-refractivity contribution in [2.45, 2.75) is 24.5 Å². The van der Waals surface area contributed by atoms with Crippen LogP contribution in [0.1, 0.15) is 6.23 Å². The molecule has 1 aromatic carbocycles. The van der Waals surface area contributed by atoms with Gasteiger partial charge in [-0.05, 0) is 7.05 Å². The van der Waals surface area contributed by atoms with E-state index in [1.165, 1.54) is 10.9 Å². The molecule has 2 aliphatic rings. The lowest BCUT2D eigenvalue weighted by molar-refractivity contribution is -0.126. The van der Waals surface area contributed by atoms with Crippen LogP contribution in [0.2, 0.25) is 0 Å². The van der Waals surface area contributed by atoms with Crippen molar-refractivity contribution in [3.8, 4) is 0 Å². The number of aliphatic hydroxyl groups is 2. The standard InChI is InChI=1S/C25H34N10O7/c1-33(7-2-3-14(36)34-9-4-27-5-10-34)8-6-28-15-16(20(39)19(15)38)29-11-13-18(37)21(40)24(42-13)35-12-30-17-22(35)31-25(26)32-23(17)41/h2-3,12-13,18,21,24,27-29,37,40H,4-11H2,1H3,(H3,26,31,32,41). The molecule has 4 heterocycles. The number of fused-ring (bicyclic) bond motifs is 1. The number of anilines is 3. The lowest BCUT2D eigenvalue weighted by atomic mass is 10.1. The first kappa shape index (κ1) is 29.3. The summed E-state index contributed by atoms with van der Waals surface area (Å²) < 4.78 is 7.12. The summed E-state index contributed by atoms with van der Waals surface area (Å²) >= 11 is 0. The van der Waals surface area contributed by atoms with Crippen LogP contribution in [0.25, 0.3) is 11.2 Å². The second-order valence-corrected chi connectivity index (χ2v) is 10.3. The van der Waals surface area contributed by atoms with Crippen molar-refractivity contribution in [3.63, 3.8) is 0 Å². The number of amides is 1. The van der Waals surface area contributed by atoms with E-state index >= 15 is 0 Å². The largest absolute Gasteiger partial charge is 0.387 e. The van der Waals surface area contributed by atoms with Gasteiger partial charge in [0.05, 0.1) is 6.33 Å². The van der Waals surface area contributed by atoms with Gasteiger partial charge in [0.2, 0.25) is 11.9 Å². The van der Waals surface area contributed by atoms with Gasteiger partial charge in [-0.2, -0.15) is 4.98 Å². The molecule has 0 aliphatic carbocycles. The summed E-state index contributed by atoms with van der Waals surface area (Å²) in [7, 11) is 1.87. The number of aromatic amines is 1. The maximum atomic E-state index is 12.2. The van der Waals surface area contributed by atoms with Crippen molar-refractivity contribution in [3.05, 3.63) is 49.3 Å². The highest BCUT2D eigenvalue weighted by atomic mass is 16.6. The van der Waals surface area contributed by atoms with Gasteiger partial charge in [0.15, 0.2) is 17.4 Å². The highest BCUT2D eigenvalue weighted by molar-refractivity contribution is 5.87. The smallest absolute Gasteiger partial charge is 0.280 e. The van der Waals surface area contributed by atoms with E-state index in [4.69, 9.17) is 10.5 Å². The first-order valence-electron chi connectivity index (χ1n) is 13.6. The number of hydrogen-bond acceptors (Lipinski definition) is 14. The summed E-state index contributed by atoms with van der Waals surface area (Å²) in [5, 5.41) is 30.2. The van der Waals surface area contributed by atoms with Crippen LogP contribution in [0.5, 0.6) is 0 Å². The molecule has 4 unspecified atom stereocenters. The van der Waals surface area contributed by atoms with Crippen molar-refractivity contribution < 1.29 is 19.7 Å². The zero-order valence-electron chi connectivity index (χ0n) is 22.9. The molecule has 8 N–H and O–H groups in total. The third-order valence-electron chi connectivity index (χ3n) is 7.35. The van der Waals surface area contributed by atoms with Gasteiger partial charge in [0.1, 0.15) is 29.7 Å². The topological polar surface area (TPSA) is 233 Å². The summed E-state index contributed by atoms with van der Waals surface area (Å²) in [6.07, 6.45) is -0.262. The number of carbonyl (C=O) groups is 1. The second-order valence-electron chi connectivity index (χ2n) is 10.3. The molecule has 0 bridgehead atoms. The molecule has 42 heavy (non-hydrogen) atoms. The van der Waals surface area contributed by atoms with E-state index in [1.54, 1.807) is 17.1 Å². The average Bonchev–Trinajstić information content (AvgIpc) is 3.52. The fraction of sp³-hybridized carbons (Fsp3) is 0.520. The molecule has 0 saturated carbocycles. The molecule has 5 rings (SSSR count). The number of H-pyrrole nitrogens is 1. The van der Waals surface area contributed by atoms with E-state index in [2.05, 4.69) is 30.9 Å². The van der Waals surface area contributed by atoms with Gasteiger partial charge in [-0.1, -0.05) is 6.08 Å². The number of aromatic nitrogens is 4. The quantitative estimate of drug-likeness (QED) is 0.0849. The fourth-order valence-electron chi connectivity index (χ4n) is 4.98. The van der Waals surface area contributed by atoms with Crippen molar-refractivity contribution in [1.29, 1.82) is 0 Å². The first-order chi connectivity index (χ1) is 20.2. The Morgan fingerprint density at radius 3 is 2.64 bits per heavy atom. The Hall–Kier alpha value is -4.16. The molecule has 17 heteroatoms. The molecule has 4 atom stereocenters. The number of hydrogen-bond donors (Lipinski definition) is 7. The minimum absolute atomic E-state index is 0.0131. The number of nitrogens with two attached hydrogens (primary N) is 1. The summed E-state index contributed by atoms with van der Waals surface area (Å²) in [6, 6.07) is 0. The van der Waals surface area contributed by atoms with Crippen molar-refractivity contribution in [2.75, 3.05) is 75.8 Å². The molecule has 1 amide bonds. The van der Waals surface area contributed by atoms with Crippen LogP contribution in [-0.2, 0) is 9.53 Å². The highest BCUT2D eigenvalue weighted by Gasteiger charge is 2.44. The number of carbonyl (C=O) groups excluding carboxylic acids is 1. The van der Waals surface area contributed by atoms with Crippen molar-refractivity contribution >= 4 is 34.4 Å². The van der Waals surface area contributed by atoms with Crippen LogP contribution < -0.4 is 38.1 Å². The SMILES string of the molecule is CN(CC=CC(=O)N1CCNCC1)CCNc1c(NCC2OC(n3cnc4c(=O)[nH]c(N)nc43)C(O)C2O)c(=O)c1=O. The predicted octanol–water partition coefficient (Wildman–Crippen LogP) is -3.64. The van der Waals surface area contributed by atoms with Crippen LogP contribution in [0.4, 0.5) is 17.3 Å². The predicted molar refractivity (Wildman–Crippen MR) is 153 cm³/mol. The first-order valence-corrected chi connectivity index (χ1v) is 13.6. The van der Waals surface area contributed by atoms with E-state index in [0.29, 0.717) is 32.7 Å². The number of ether oxygens (including phenoxy) is 1. The zero-order valence-corrected chi connectivity index (χ0v) is 22.9. The summed E-state index contributed by atoms with van der Waals surface area (Å²) in [5.41, 5.74) is 3.95. The van der Waals surface area contributed by atoms with Gasteiger partial charge in [-0.15, -0.1) is 0 Å². The summed E-state index contributed by atoms with van der Waals surface area (Å²) in [6.45, 7) is 4.27. The number of imidazole rings is 1. The molecule has 2 fully saturated rings. The van der Waals surface area contributed by atoms with Crippen LogP contribution in [-0.4, -0.2) is 123 Å². The number of nitrogen functional groups attached to an aromatic ring is 1. The normalized spacial score (nSPS) is 23.0. The molecule has 0 spiro atoms. The number of likely N-dealkylation sites (N-methyl/N-ethyl adjacent to an activating group) is 1. The van der Waals surface area contributed by atoms with Crippen molar-refractivity contribution in [1.82, 2.24) is 34.6 Å². The van der Waals surface area contributed by atoms with Crippen molar-refractivity contribution in [2.24, 2.45) is 0 Å². The third kappa shape index (κ3) is 5.90. The van der Waals surface area contributed by atoms with E-state index in [9.17, 15) is 29.4 Å². The average molecular weight is 587 g/mol. The molecular weight excluding hydrogens is 552 g/mol. The van der Waals surface area contributed by atoms with Gasteiger partial charge in [0.25, 0.3) is 16.4 Å². The summed E-state index contributed by atoms with van der Waals surface area (Å²) in [5.74, 6) is -0.170. The summed E-state index contributed by atoms with van der Waals surface area (Å²) in [4.78, 5) is 62.8. The molecule has 0 radical (unpaired) electrons. The number of piperazine rings is 1. The molecular formula is C25H34N10O7. The van der Waals surface area contributed by atoms with E-state index in [1.807, 2.05) is 11.9 Å². The fourth-order valence-corrected chi connectivity index (χ4v) is 4.98. The minimum Gasteiger partial charge on any atom is -0.387 e. The molecule has 2 aromatic heterocycles. The Morgan fingerprint density at radius 1 is 1.19 bits per heavy atom. The van der Waals surface area contributed by atoms with Crippen LogP contribution >= 0.6 is 0 Å². The van der Waals surface area contributed by atoms with Gasteiger partial charge in [-0.3, -0.25) is 28.7 Å². The van der Waals surface area contributed by atoms with E-state index in [0.717, 1.165) is 13.1 Å². The van der Waals surface area contributed by atoms with E-state index in [-0.39, 0.29) is 40.9 Å². The second kappa shape index (κ2) is 12.4. The lowest BCUT2D eigenvalue weighted by Crippen LogP contribution is -2.45. The Kier molecular flexibility index (Phi) is 8.64. The lowest BCUT2D eigenvalue weighted by Gasteiger charge is -2.26. The van der Waals surface area contributed by atoms with Gasteiger partial charge < -0.3 is 46.4 Å². The maximum Gasteiger partial charge on any atom is 0.280 e. The highest BCUT2D eigenvalue weighted by Crippen LogP contribution is 2.31. The van der Waals surface area contributed by atoms with Crippen LogP contribution in [0.3, 0.4) is 0 Å². The number of nitrogens with one attached hydrogen (secondary N) is 4. The molecule has 2 saturated heterocycles. The van der Waals surface area contributed by atoms with Crippen LogP contribution in [0, 0.1) is 0 Å². The van der Waals surface area contributed by atoms with Gasteiger partial charge in [0, 0.05) is 58.4 Å². The number of rotatable bonds is 11. The minimum atomic E-state index is -1.40. The maximum absolute atomic E-state index is 12.2.